The largest absolute Gasteiger partial charge is 0.465 e. The number of carbonyl (C=O) groups excluding carboxylic acids is 4. The van der Waals surface area contributed by atoms with Crippen LogP contribution in [0.4, 0.5) is 0 Å². The molecule has 2 saturated carbocycles. The lowest BCUT2D eigenvalue weighted by molar-refractivity contribution is -0.300. The second-order valence-electron chi connectivity index (χ2n) is 13.1. The Morgan fingerprint density at radius 1 is 0.804 bits per heavy atom. The standard InChI is InChI=1S/C37H42O9/c1-24-20-30(44-32(40)18-16-27-12-8-6-9-13-27)34(43-26(3)39)36(23-42-25(2)38)31(21-29-22-37(24,36)46-35(29,4)5)45-33(41)19-17-28-14-10-7-11-15-28/h6-19,24,29-31,34H,20-23H2,1-5H3/b18-16+,19-17-/t24-,29-,30+,31+,34-,36-,37+/m1/s1. The summed E-state index contributed by atoms with van der Waals surface area (Å²) < 4.78 is 31.1. The van der Waals surface area contributed by atoms with Crippen molar-refractivity contribution < 1.29 is 42.9 Å². The Morgan fingerprint density at radius 3 is 1.91 bits per heavy atom. The molecule has 7 atom stereocenters. The molecule has 2 aromatic rings. The third kappa shape index (κ3) is 6.51. The second kappa shape index (κ2) is 13.2. The van der Waals surface area contributed by atoms with E-state index in [9.17, 15) is 19.2 Å². The molecule has 1 saturated heterocycles. The molecule has 2 aromatic carbocycles. The number of hydrogen-bond acceptors (Lipinski definition) is 9. The van der Waals surface area contributed by atoms with E-state index in [1.807, 2.05) is 81.4 Å². The Balaban J connectivity index is 1.57. The van der Waals surface area contributed by atoms with Crippen LogP contribution in [0.1, 0.15) is 65.0 Å². The highest BCUT2D eigenvalue weighted by Gasteiger charge is 2.78. The molecule has 0 aromatic heterocycles. The molecular formula is C37H42O9. The minimum Gasteiger partial charge on any atom is -0.465 e. The molecule has 5 rings (SSSR count). The third-order valence-electron chi connectivity index (χ3n) is 9.82. The second-order valence-corrected chi connectivity index (χ2v) is 13.1. The first-order valence-corrected chi connectivity index (χ1v) is 15.7. The number of hydrogen-bond donors (Lipinski definition) is 0. The van der Waals surface area contributed by atoms with Crippen LogP contribution in [0.15, 0.2) is 72.8 Å². The highest BCUT2D eigenvalue weighted by atomic mass is 16.6. The summed E-state index contributed by atoms with van der Waals surface area (Å²) in [5.41, 5.74) is -1.42. The van der Waals surface area contributed by atoms with Gasteiger partial charge in [-0.05, 0) is 68.2 Å². The molecule has 0 unspecified atom stereocenters. The van der Waals surface area contributed by atoms with Crippen molar-refractivity contribution in [3.63, 3.8) is 0 Å². The van der Waals surface area contributed by atoms with Crippen LogP contribution in [0.3, 0.4) is 0 Å². The lowest BCUT2D eigenvalue weighted by Crippen LogP contribution is -2.74. The molecule has 46 heavy (non-hydrogen) atoms. The van der Waals surface area contributed by atoms with Crippen molar-refractivity contribution >= 4 is 36.0 Å². The smallest absolute Gasteiger partial charge is 0.331 e. The van der Waals surface area contributed by atoms with Crippen molar-refractivity contribution in [1.82, 2.24) is 0 Å². The SMILES string of the molecule is CC(=O)OC[C@]12[C@@H](OC(=O)/C=C\c3ccccc3)C[C@@H]3C[C@]1(OC3(C)C)[C@H](C)C[C@H](OC(=O)/C=C/c1ccccc1)[C@H]2OC(C)=O. The molecule has 1 aliphatic heterocycles. The van der Waals surface area contributed by atoms with Gasteiger partial charge < -0.3 is 23.7 Å². The van der Waals surface area contributed by atoms with Crippen LogP contribution in [0.2, 0.25) is 0 Å². The summed E-state index contributed by atoms with van der Waals surface area (Å²) in [6.45, 7) is 8.27. The lowest BCUT2D eigenvalue weighted by atomic mass is 9.49. The minimum absolute atomic E-state index is 0.0119. The third-order valence-corrected chi connectivity index (χ3v) is 9.82. The Bertz CT molecular complexity index is 1500. The Hall–Kier alpha value is -4.24. The molecule has 0 amide bonds. The van der Waals surface area contributed by atoms with Crippen LogP contribution < -0.4 is 0 Å². The highest BCUT2D eigenvalue weighted by Crippen LogP contribution is 2.67. The zero-order chi connectivity index (χ0) is 33.1. The van der Waals surface area contributed by atoms with Crippen molar-refractivity contribution in [3.8, 4) is 0 Å². The van der Waals surface area contributed by atoms with Crippen molar-refractivity contribution in [1.29, 1.82) is 0 Å². The maximum Gasteiger partial charge on any atom is 0.331 e. The predicted octanol–water partition coefficient (Wildman–Crippen LogP) is 5.72. The fraction of sp³-hybridized carbons (Fsp3) is 0.459. The maximum absolute atomic E-state index is 13.5. The molecule has 9 heteroatoms. The van der Waals surface area contributed by atoms with E-state index in [4.69, 9.17) is 23.7 Å². The number of fused-ring (bicyclic) bond motifs is 1. The molecule has 0 N–H and O–H groups in total. The molecule has 2 bridgehead atoms. The molecule has 1 spiro atoms. The summed E-state index contributed by atoms with van der Waals surface area (Å²) in [5, 5.41) is 0. The zero-order valence-electron chi connectivity index (χ0n) is 27.0. The van der Waals surface area contributed by atoms with E-state index in [2.05, 4.69) is 0 Å². The molecule has 244 valence electrons. The minimum atomic E-state index is -1.39. The quantitative estimate of drug-likeness (QED) is 0.195. The average molecular weight is 631 g/mol. The normalized spacial score (nSPS) is 31.2. The van der Waals surface area contributed by atoms with Crippen LogP contribution in [-0.2, 0) is 42.9 Å². The van der Waals surface area contributed by atoms with Gasteiger partial charge in [0.1, 0.15) is 24.2 Å². The van der Waals surface area contributed by atoms with Gasteiger partial charge in [0.2, 0.25) is 0 Å². The Morgan fingerprint density at radius 2 is 1.37 bits per heavy atom. The number of esters is 4. The summed E-state index contributed by atoms with van der Waals surface area (Å²) in [5.74, 6) is -2.69. The van der Waals surface area contributed by atoms with Gasteiger partial charge in [-0.3, -0.25) is 9.59 Å². The van der Waals surface area contributed by atoms with Gasteiger partial charge in [-0.15, -0.1) is 0 Å². The van der Waals surface area contributed by atoms with E-state index in [1.54, 1.807) is 12.2 Å². The fourth-order valence-electron chi connectivity index (χ4n) is 7.74. The molecule has 3 fully saturated rings. The van der Waals surface area contributed by atoms with E-state index in [1.165, 1.54) is 26.0 Å². The number of benzene rings is 2. The number of ether oxygens (including phenoxy) is 5. The van der Waals surface area contributed by atoms with Gasteiger partial charge in [0, 0.05) is 26.0 Å². The molecule has 3 aliphatic rings. The summed E-state index contributed by atoms with van der Waals surface area (Å²) in [6, 6.07) is 18.7. The molecule has 9 nitrogen and oxygen atoms in total. The monoisotopic (exact) mass is 630 g/mol. The van der Waals surface area contributed by atoms with Gasteiger partial charge in [0.15, 0.2) is 6.10 Å². The summed E-state index contributed by atoms with van der Waals surface area (Å²) in [7, 11) is 0. The molecule has 1 heterocycles. The average Bonchev–Trinajstić information content (AvgIpc) is 3.25. The zero-order valence-corrected chi connectivity index (χ0v) is 27.0. The number of carbonyl (C=O) groups is 4. The summed E-state index contributed by atoms with van der Waals surface area (Å²) in [4.78, 5) is 51.8. The molecule has 2 aliphatic carbocycles. The summed E-state index contributed by atoms with van der Waals surface area (Å²) >= 11 is 0. The predicted molar refractivity (Wildman–Crippen MR) is 170 cm³/mol. The van der Waals surface area contributed by atoms with Crippen molar-refractivity contribution in [2.75, 3.05) is 6.61 Å². The van der Waals surface area contributed by atoms with Crippen molar-refractivity contribution in [3.05, 3.63) is 83.9 Å². The first kappa shape index (κ1) is 33.1. The van der Waals surface area contributed by atoms with Crippen molar-refractivity contribution in [2.45, 2.75) is 83.4 Å². The number of rotatable bonds is 9. The van der Waals surface area contributed by atoms with Crippen LogP contribution in [0, 0.1) is 17.3 Å². The highest BCUT2D eigenvalue weighted by molar-refractivity contribution is 5.88. The van der Waals surface area contributed by atoms with Gasteiger partial charge in [0.05, 0.1) is 11.2 Å². The summed E-state index contributed by atoms with van der Waals surface area (Å²) in [6.07, 6.45) is 4.19. The topological polar surface area (TPSA) is 114 Å². The first-order valence-electron chi connectivity index (χ1n) is 15.7. The van der Waals surface area contributed by atoms with E-state index in [0.717, 1.165) is 11.1 Å². The van der Waals surface area contributed by atoms with E-state index < -0.39 is 58.8 Å². The van der Waals surface area contributed by atoms with E-state index in [-0.39, 0.29) is 18.4 Å². The van der Waals surface area contributed by atoms with Gasteiger partial charge in [-0.25, -0.2) is 9.59 Å². The van der Waals surface area contributed by atoms with Crippen LogP contribution in [0.5, 0.6) is 0 Å². The van der Waals surface area contributed by atoms with Gasteiger partial charge in [-0.1, -0.05) is 67.6 Å². The molecular weight excluding hydrogens is 588 g/mol. The first-order chi connectivity index (χ1) is 21.9. The maximum atomic E-state index is 13.5. The van der Waals surface area contributed by atoms with Gasteiger partial charge in [-0.2, -0.15) is 0 Å². The Labute approximate surface area is 269 Å². The Kier molecular flexibility index (Phi) is 9.54. The van der Waals surface area contributed by atoms with Gasteiger partial charge in [0.25, 0.3) is 0 Å². The van der Waals surface area contributed by atoms with E-state index >= 15 is 0 Å². The van der Waals surface area contributed by atoms with E-state index in [0.29, 0.717) is 19.3 Å². The van der Waals surface area contributed by atoms with Crippen LogP contribution >= 0.6 is 0 Å². The van der Waals surface area contributed by atoms with Crippen LogP contribution in [-0.4, -0.2) is 60.0 Å². The fourth-order valence-corrected chi connectivity index (χ4v) is 7.74. The van der Waals surface area contributed by atoms with Gasteiger partial charge >= 0.3 is 23.9 Å². The lowest BCUT2D eigenvalue weighted by Gasteiger charge is -2.62. The van der Waals surface area contributed by atoms with Crippen LogP contribution in [0.25, 0.3) is 12.2 Å². The van der Waals surface area contributed by atoms with Crippen molar-refractivity contribution in [2.24, 2.45) is 17.3 Å². The molecule has 0 radical (unpaired) electrons.